The summed E-state index contributed by atoms with van der Waals surface area (Å²) < 4.78 is 3.28. The zero-order chi connectivity index (χ0) is 9.00. The van der Waals surface area contributed by atoms with Crippen molar-refractivity contribution in [2.45, 2.75) is 32.0 Å². The molecule has 13 heavy (non-hydrogen) atoms. The van der Waals surface area contributed by atoms with Crippen LogP contribution in [0.1, 0.15) is 30.1 Å². The smallest absolute Gasteiger partial charge is 0.132 e. The highest BCUT2D eigenvalue weighted by atomic mass is 79.9. The predicted octanol–water partition coefficient (Wildman–Crippen LogP) is 1.93. The monoisotopic (exact) mass is 241 g/mol. The number of nitrogens with zero attached hydrogens (tertiary/aromatic N) is 3. The second-order valence-corrected chi connectivity index (χ2v) is 4.82. The highest BCUT2D eigenvalue weighted by Crippen LogP contribution is 2.39. The van der Waals surface area contributed by atoms with Crippen LogP contribution in [0.2, 0.25) is 0 Å². The Bertz CT molecular complexity index is 354. The zero-order valence-corrected chi connectivity index (χ0v) is 9.21. The first-order valence-electron chi connectivity index (χ1n) is 4.70. The molecule has 1 aliphatic carbocycles. The number of hydrogen-bond acceptors (Lipinski definition) is 2. The van der Waals surface area contributed by atoms with Gasteiger partial charge in [-0.25, -0.2) is 0 Å². The van der Waals surface area contributed by atoms with Crippen LogP contribution in [0.25, 0.3) is 0 Å². The fourth-order valence-corrected chi connectivity index (χ4v) is 2.52. The Kier molecular flexibility index (Phi) is 1.58. The lowest BCUT2D eigenvalue weighted by atomic mass is 10.3. The molecule has 0 radical (unpaired) electrons. The molecule has 0 spiro atoms. The van der Waals surface area contributed by atoms with Crippen LogP contribution in [-0.4, -0.2) is 21.7 Å². The topological polar surface area (TPSA) is 21.1 Å². The zero-order valence-electron chi connectivity index (χ0n) is 7.63. The lowest BCUT2D eigenvalue weighted by Crippen LogP contribution is -2.11. The van der Waals surface area contributed by atoms with Crippen LogP contribution >= 0.6 is 15.9 Å². The molecule has 0 aromatic carbocycles. The maximum Gasteiger partial charge on any atom is 0.132 e. The third-order valence-electron chi connectivity index (χ3n) is 2.81. The van der Waals surface area contributed by atoms with Crippen LogP contribution in [0.15, 0.2) is 4.60 Å². The minimum Gasteiger partial charge on any atom is -0.296 e. The van der Waals surface area contributed by atoms with Crippen LogP contribution in [0, 0.1) is 0 Å². The molecule has 0 bridgehead atoms. The molecule has 70 valence electrons. The average molecular weight is 242 g/mol. The second kappa shape index (κ2) is 2.58. The van der Waals surface area contributed by atoms with Gasteiger partial charge in [0.2, 0.25) is 0 Å². The summed E-state index contributed by atoms with van der Waals surface area (Å²) in [5.41, 5.74) is 2.83. The summed E-state index contributed by atoms with van der Waals surface area (Å²) in [7, 11) is 2.16. The van der Waals surface area contributed by atoms with Gasteiger partial charge in [-0.1, -0.05) is 0 Å². The summed E-state index contributed by atoms with van der Waals surface area (Å²) in [4.78, 5) is 2.33. The first-order valence-corrected chi connectivity index (χ1v) is 5.49. The molecule has 1 aromatic rings. The van der Waals surface area contributed by atoms with E-state index in [2.05, 4.69) is 37.7 Å². The van der Waals surface area contributed by atoms with Crippen molar-refractivity contribution in [1.82, 2.24) is 14.7 Å². The van der Waals surface area contributed by atoms with E-state index in [9.17, 15) is 0 Å². The van der Waals surface area contributed by atoms with Crippen molar-refractivity contribution in [2.75, 3.05) is 7.05 Å². The first-order chi connectivity index (χ1) is 6.25. The van der Waals surface area contributed by atoms with E-state index in [0.717, 1.165) is 17.7 Å². The summed E-state index contributed by atoms with van der Waals surface area (Å²) in [6.07, 6.45) is 2.62. The molecule has 2 aliphatic rings. The van der Waals surface area contributed by atoms with Gasteiger partial charge in [0.15, 0.2) is 0 Å². The molecule has 4 heteroatoms. The van der Waals surface area contributed by atoms with Crippen LogP contribution in [-0.2, 0) is 13.1 Å². The van der Waals surface area contributed by atoms with Crippen molar-refractivity contribution in [3.8, 4) is 0 Å². The minimum atomic E-state index is 0.701. The van der Waals surface area contributed by atoms with Gasteiger partial charge in [0.1, 0.15) is 4.60 Å². The average Bonchev–Trinajstić information content (AvgIpc) is 2.78. The van der Waals surface area contributed by atoms with Crippen LogP contribution in [0.5, 0.6) is 0 Å². The van der Waals surface area contributed by atoms with Crippen LogP contribution < -0.4 is 0 Å². The van der Waals surface area contributed by atoms with Gasteiger partial charge < -0.3 is 0 Å². The van der Waals surface area contributed by atoms with E-state index < -0.39 is 0 Å². The maximum atomic E-state index is 4.54. The molecule has 1 saturated carbocycles. The number of fused-ring (bicyclic) bond motifs is 1. The van der Waals surface area contributed by atoms with Crippen molar-refractivity contribution in [3.05, 3.63) is 15.9 Å². The van der Waals surface area contributed by atoms with E-state index in [1.54, 1.807) is 0 Å². The molecule has 3 nitrogen and oxygen atoms in total. The van der Waals surface area contributed by atoms with E-state index >= 15 is 0 Å². The van der Waals surface area contributed by atoms with Gasteiger partial charge in [-0.15, -0.1) is 0 Å². The largest absolute Gasteiger partial charge is 0.296 e. The van der Waals surface area contributed by atoms with Gasteiger partial charge in [0, 0.05) is 18.7 Å². The Balaban J connectivity index is 2.08. The van der Waals surface area contributed by atoms with Crippen molar-refractivity contribution < 1.29 is 0 Å². The summed E-state index contributed by atoms with van der Waals surface area (Å²) in [5, 5.41) is 4.54. The second-order valence-electron chi connectivity index (χ2n) is 4.06. The van der Waals surface area contributed by atoms with Crippen LogP contribution in [0.3, 0.4) is 0 Å². The number of hydrogen-bond donors (Lipinski definition) is 0. The standard InChI is InChI=1S/C9H12BrN3/c1-12-4-7-8(5-12)13(6-2-3-6)11-9(7)10/h6H,2-5H2,1H3. The van der Waals surface area contributed by atoms with Crippen molar-refractivity contribution in [2.24, 2.45) is 0 Å². The molecular formula is C9H12BrN3. The normalized spacial score (nSPS) is 22.3. The molecule has 1 aliphatic heterocycles. The number of aromatic nitrogens is 2. The molecule has 0 amide bonds. The van der Waals surface area contributed by atoms with Crippen molar-refractivity contribution >= 4 is 15.9 Å². The molecule has 3 rings (SSSR count). The molecule has 0 saturated heterocycles. The fraction of sp³-hybridized carbons (Fsp3) is 0.667. The first kappa shape index (κ1) is 8.00. The van der Waals surface area contributed by atoms with E-state index in [1.165, 1.54) is 24.1 Å². The van der Waals surface area contributed by atoms with Crippen molar-refractivity contribution in [3.63, 3.8) is 0 Å². The van der Waals surface area contributed by atoms with Gasteiger partial charge >= 0.3 is 0 Å². The Morgan fingerprint density at radius 3 is 2.85 bits per heavy atom. The number of rotatable bonds is 1. The molecule has 0 unspecified atom stereocenters. The Morgan fingerprint density at radius 1 is 1.38 bits per heavy atom. The molecule has 0 atom stereocenters. The summed E-state index contributed by atoms with van der Waals surface area (Å²) in [5.74, 6) is 0. The highest BCUT2D eigenvalue weighted by Gasteiger charge is 2.32. The highest BCUT2D eigenvalue weighted by molar-refractivity contribution is 9.10. The van der Waals surface area contributed by atoms with Crippen LogP contribution in [0.4, 0.5) is 0 Å². The minimum absolute atomic E-state index is 0.701. The predicted molar refractivity (Wildman–Crippen MR) is 53.4 cm³/mol. The van der Waals surface area contributed by atoms with Gasteiger partial charge in [-0.05, 0) is 35.8 Å². The SMILES string of the molecule is CN1Cc2c(Br)nn(C3CC3)c2C1. The third kappa shape index (κ3) is 1.15. The summed E-state index contributed by atoms with van der Waals surface area (Å²) >= 11 is 3.53. The Morgan fingerprint density at radius 2 is 2.15 bits per heavy atom. The van der Waals surface area contributed by atoms with Gasteiger partial charge in [0.05, 0.1) is 11.7 Å². The summed E-state index contributed by atoms with van der Waals surface area (Å²) in [6, 6.07) is 0.701. The van der Waals surface area contributed by atoms with Crippen molar-refractivity contribution in [1.29, 1.82) is 0 Å². The van der Waals surface area contributed by atoms with Gasteiger partial charge in [-0.3, -0.25) is 9.58 Å². The number of halogens is 1. The van der Waals surface area contributed by atoms with Gasteiger partial charge in [-0.2, -0.15) is 5.10 Å². The quantitative estimate of drug-likeness (QED) is 0.750. The maximum absolute atomic E-state index is 4.54. The molecule has 1 fully saturated rings. The molecule has 1 aromatic heterocycles. The fourth-order valence-electron chi connectivity index (χ4n) is 2.00. The van der Waals surface area contributed by atoms with E-state index in [-0.39, 0.29) is 0 Å². The third-order valence-corrected chi connectivity index (χ3v) is 3.45. The Labute approximate surface area is 85.8 Å². The lowest BCUT2D eigenvalue weighted by Gasteiger charge is -2.07. The van der Waals surface area contributed by atoms with Gasteiger partial charge in [0.25, 0.3) is 0 Å². The van der Waals surface area contributed by atoms with E-state index in [0.29, 0.717) is 6.04 Å². The molecular weight excluding hydrogens is 230 g/mol. The summed E-state index contributed by atoms with van der Waals surface area (Å²) in [6.45, 7) is 2.10. The Hall–Kier alpha value is -0.350. The molecule has 2 heterocycles. The van der Waals surface area contributed by atoms with E-state index in [4.69, 9.17) is 0 Å². The van der Waals surface area contributed by atoms with E-state index in [1.807, 2.05) is 0 Å². The molecule has 0 N–H and O–H groups in total. The lowest BCUT2D eigenvalue weighted by molar-refractivity contribution is 0.340.